The number of anilines is 2. The van der Waals surface area contributed by atoms with Crippen LogP contribution in [0.5, 0.6) is 0 Å². The topological polar surface area (TPSA) is 53.4 Å². The van der Waals surface area contributed by atoms with Crippen LogP contribution in [0.3, 0.4) is 0 Å². The molecule has 0 radical (unpaired) electrons. The van der Waals surface area contributed by atoms with Crippen molar-refractivity contribution in [2.45, 2.75) is 20.4 Å². The van der Waals surface area contributed by atoms with Crippen molar-refractivity contribution in [3.63, 3.8) is 0 Å². The molecule has 33 heavy (non-hydrogen) atoms. The first kappa shape index (κ1) is 21.1. The summed E-state index contributed by atoms with van der Waals surface area (Å²) in [6, 6.07) is 24.8. The Hall–Kier alpha value is -3.80. The number of urea groups is 1. The quantitative estimate of drug-likeness (QED) is 0.484. The summed E-state index contributed by atoms with van der Waals surface area (Å²) >= 11 is 0. The molecule has 1 aliphatic rings. The zero-order valence-electron chi connectivity index (χ0n) is 19.2. The summed E-state index contributed by atoms with van der Waals surface area (Å²) in [6.07, 6.45) is 0. The maximum atomic E-state index is 12.9. The molecule has 0 saturated carbocycles. The molecule has 5 rings (SSSR count). The van der Waals surface area contributed by atoms with Crippen molar-refractivity contribution in [3.8, 4) is 0 Å². The number of carbonyl (C=O) groups excluding carboxylic acids is 1. The van der Waals surface area contributed by atoms with Crippen LogP contribution in [0.1, 0.15) is 16.7 Å². The van der Waals surface area contributed by atoms with Crippen LogP contribution < -0.4 is 10.2 Å². The lowest BCUT2D eigenvalue weighted by Crippen LogP contribution is -2.50. The van der Waals surface area contributed by atoms with Gasteiger partial charge in [0, 0.05) is 31.9 Å². The number of carbonyl (C=O) groups is 1. The second-order valence-electron chi connectivity index (χ2n) is 8.69. The summed E-state index contributed by atoms with van der Waals surface area (Å²) in [5.41, 5.74) is 6.52. The number of aryl methyl sites for hydroxylation is 2. The lowest BCUT2D eigenvalue weighted by Gasteiger charge is -2.35. The van der Waals surface area contributed by atoms with E-state index in [4.69, 9.17) is 4.98 Å². The average Bonchev–Trinajstić information content (AvgIpc) is 3.20. The molecular weight excluding hydrogens is 410 g/mol. The maximum absolute atomic E-state index is 12.9. The van der Waals surface area contributed by atoms with E-state index in [1.54, 1.807) is 0 Å². The highest BCUT2D eigenvalue weighted by atomic mass is 16.2. The minimum Gasteiger partial charge on any atom is -0.339 e. The van der Waals surface area contributed by atoms with E-state index >= 15 is 0 Å². The van der Waals surface area contributed by atoms with Gasteiger partial charge in [-0.05, 0) is 43.2 Å². The van der Waals surface area contributed by atoms with Gasteiger partial charge in [-0.15, -0.1) is 0 Å². The molecule has 1 fully saturated rings. The first-order valence-corrected chi connectivity index (χ1v) is 11.5. The standard InChI is InChI=1S/C27H29N5O/c1-20-12-13-23(21(2)18-20)29-27(33)31-16-14-30(15-17-31)26-28-24-10-6-7-11-25(24)32(26)19-22-8-4-3-5-9-22/h3-13,18H,14-17,19H2,1-2H3,(H,29,33). The van der Waals surface area contributed by atoms with E-state index < -0.39 is 0 Å². The van der Waals surface area contributed by atoms with E-state index in [0.29, 0.717) is 13.1 Å². The molecule has 1 aliphatic heterocycles. The molecule has 0 spiro atoms. The van der Waals surface area contributed by atoms with Crippen molar-refractivity contribution < 1.29 is 4.79 Å². The third-order valence-electron chi connectivity index (χ3n) is 6.29. The van der Waals surface area contributed by atoms with Crippen LogP contribution in [-0.4, -0.2) is 46.7 Å². The van der Waals surface area contributed by atoms with Crippen molar-refractivity contribution >= 4 is 28.7 Å². The van der Waals surface area contributed by atoms with E-state index in [0.717, 1.165) is 47.9 Å². The lowest BCUT2D eigenvalue weighted by molar-refractivity contribution is 0.208. The summed E-state index contributed by atoms with van der Waals surface area (Å²) in [5.74, 6) is 0.967. The fraction of sp³-hybridized carbons (Fsp3) is 0.259. The van der Waals surface area contributed by atoms with E-state index in [-0.39, 0.29) is 6.03 Å². The Morgan fingerprint density at radius 1 is 0.909 bits per heavy atom. The Bertz CT molecular complexity index is 1270. The lowest BCUT2D eigenvalue weighted by atomic mass is 10.1. The normalized spacial score (nSPS) is 14.0. The van der Waals surface area contributed by atoms with Gasteiger partial charge in [0.05, 0.1) is 17.6 Å². The largest absolute Gasteiger partial charge is 0.339 e. The van der Waals surface area contributed by atoms with Crippen LogP contribution >= 0.6 is 0 Å². The molecular formula is C27H29N5O. The fourth-order valence-corrected chi connectivity index (χ4v) is 4.48. The summed E-state index contributed by atoms with van der Waals surface area (Å²) in [7, 11) is 0. The number of hydrogen-bond acceptors (Lipinski definition) is 3. The highest BCUT2D eigenvalue weighted by Gasteiger charge is 2.25. The number of rotatable bonds is 4. The van der Waals surface area contributed by atoms with E-state index in [9.17, 15) is 4.79 Å². The molecule has 6 nitrogen and oxygen atoms in total. The first-order valence-electron chi connectivity index (χ1n) is 11.5. The predicted molar refractivity (Wildman–Crippen MR) is 134 cm³/mol. The minimum absolute atomic E-state index is 0.0422. The molecule has 6 heteroatoms. The van der Waals surface area contributed by atoms with Crippen molar-refractivity contribution in [3.05, 3.63) is 89.5 Å². The van der Waals surface area contributed by atoms with Crippen LogP contribution in [0.2, 0.25) is 0 Å². The van der Waals surface area contributed by atoms with Gasteiger partial charge in [0.2, 0.25) is 5.95 Å². The number of benzene rings is 3. The van der Waals surface area contributed by atoms with Crippen LogP contribution in [0.4, 0.5) is 16.4 Å². The van der Waals surface area contributed by atoms with Gasteiger partial charge in [-0.2, -0.15) is 0 Å². The number of nitrogens with one attached hydrogen (secondary N) is 1. The van der Waals surface area contributed by atoms with Gasteiger partial charge in [-0.3, -0.25) is 0 Å². The molecule has 1 saturated heterocycles. The van der Waals surface area contributed by atoms with Gasteiger partial charge in [0.1, 0.15) is 0 Å². The number of para-hydroxylation sites is 2. The number of amides is 2. The van der Waals surface area contributed by atoms with E-state index in [1.807, 2.05) is 36.1 Å². The second kappa shape index (κ2) is 8.98. The zero-order chi connectivity index (χ0) is 22.8. The minimum atomic E-state index is -0.0422. The third kappa shape index (κ3) is 4.42. The smallest absolute Gasteiger partial charge is 0.321 e. The van der Waals surface area contributed by atoms with Gasteiger partial charge in [-0.1, -0.05) is 60.2 Å². The average molecular weight is 440 g/mol. The molecule has 2 heterocycles. The second-order valence-corrected chi connectivity index (χ2v) is 8.69. The summed E-state index contributed by atoms with van der Waals surface area (Å²) < 4.78 is 2.29. The van der Waals surface area contributed by atoms with Gasteiger partial charge >= 0.3 is 6.03 Å². The Balaban J connectivity index is 1.32. The predicted octanol–water partition coefficient (Wildman–Crippen LogP) is 5.06. The SMILES string of the molecule is Cc1ccc(NC(=O)N2CCN(c3nc4ccccc4n3Cc3ccccc3)CC2)c(C)c1. The van der Waals surface area contributed by atoms with Gasteiger partial charge in [-0.25, -0.2) is 9.78 Å². The van der Waals surface area contributed by atoms with Gasteiger partial charge in [0.25, 0.3) is 0 Å². The highest BCUT2D eigenvalue weighted by molar-refractivity contribution is 5.90. The maximum Gasteiger partial charge on any atom is 0.321 e. The van der Waals surface area contributed by atoms with Crippen LogP contribution in [0.15, 0.2) is 72.8 Å². The zero-order valence-corrected chi connectivity index (χ0v) is 19.2. The van der Waals surface area contributed by atoms with Gasteiger partial charge < -0.3 is 19.7 Å². The monoisotopic (exact) mass is 439 g/mol. The molecule has 0 aliphatic carbocycles. The fourth-order valence-electron chi connectivity index (χ4n) is 4.48. The van der Waals surface area contributed by atoms with Crippen LogP contribution in [0, 0.1) is 13.8 Å². The number of hydrogen-bond donors (Lipinski definition) is 1. The Morgan fingerprint density at radius 3 is 2.39 bits per heavy atom. The van der Waals surface area contributed by atoms with Gasteiger partial charge in [0.15, 0.2) is 0 Å². The van der Waals surface area contributed by atoms with Crippen LogP contribution in [-0.2, 0) is 6.54 Å². The Labute approximate surface area is 194 Å². The molecule has 1 N–H and O–H groups in total. The molecule has 4 aromatic rings. The Kier molecular flexibility index (Phi) is 5.73. The van der Waals surface area contributed by atoms with Crippen molar-refractivity contribution in [2.75, 3.05) is 36.4 Å². The number of imidazole rings is 1. The number of piperazine rings is 1. The molecule has 0 bridgehead atoms. The summed E-state index contributed by atoms with van der Waals surface area (Å²) in [4.78, 5) is 22.0. The molecule has 0 unspecified atom stereocenters. The van der Waals surface area contributed by atoms with Crippen molar-refractivity contribution in [1.29, 1.82) is 0 Å². The Morgan fingerprint density at radius 2 is 1.64 bits per heavy atom. The molecule has 1 aromatic heterocycles. The first-order chi connectivity index (χ1) is 16.1. The molecule has 3 aromatic carbocycles. The van der Waals surface area contributed by atoms with E-state index in [2.05, 4.69) is 70.2 Å². The summed E-state index contributed by atoms with van der Waals surface area (Å²) in [6.45, 7) is 7.66. The molecule has 168 valence electrons. The van der Waals surface area contributed by atoms with Crippen molar-refractivity contribution in [1.82, 2.24) is 14.5 Å². The summed E-state index contributed by atoms with van der Waals surface area (Å²) in [5, 5.41) is 3.07. The molecule has 2 amide bonds. The third-order valence-corrected chi connectivity index (χ3v) is 6.29. The van der Waals surface area contributed by atoms with Crippen molar-refractivity contribution in [2.24, 2.45) is 0 Å². The van der Waals surface area contributed by atoms with E-state index in [1.165, 1.54) is 11.1 Å². The number of nitrogens with zero attached hydrogens (tertiary/aromatic N) is 4. The number of fused-ring (bicyclic) bond motifs is 1. The van der Waals surface area contributed by atoms with Crippen LogP contribution in [0.25, 0.3) is 11.0 Å². The number of aromatic nitrogens is 2. The highest BCUT2D eigenvalue weighted by Crippen LogP contribution is 2.25. The molecule has 0 atom stereocenters.